The molecule has 3 nitrogen and oxygen atoms in total. The van der Waals surface area contributed by atoms with Crippen LogP contribution in [0, 0.1) is 0 Å². The van der Waals surface area contributed by atoms with Gasteiger partial charge < -0.3 is 9.30 Å². The molecule has 0 aliphatic rings. The fraction of sp³-hybridized carbons (Fsp3) is 0.500. The zero-order chi connectivity index (χ0) is 10.4. The molecule has 1 rings (SSSR count). The number of aryl methyl sites for hydroxylation is 1. The molecule has 0 unspecified atom stereocenters. The molecule has 0 saturated heterocycles. The molecular formula is C10H14BrNO2. The van der Waals surface area contributed by atoms with Crippen molar-refractivity contribution in [3.8, 4) is 0 Å². The van der Waals surface area contributed by atoms with Crippen LogP contribution >= 0.6 is 15.9 Å². The third kappa shape index (κ3) is 3.64. The van der Waals surface area contributed by atoms with Crippen LogP contribution in [0.2, 0.25) is 0 Å². The first-order valence-electron chi connectivity index (χ1n) is 4.59. The third-order valence-corrected chi connectivity index (χ3v) is 2.41. The second-order valence-electron chi connectivity index (χ2n) is 3.08. The number of aromatic nitrogens is 1. The maximum absolute atomic E-state index is 11.3. The van der Waals surface area contributed by atoms with Crippen molar-refractivity contribution in [3.63, 3.8) is 0 Å². The normalized spacial score (nSPS) is 10.4. The molecule has 0 radical (unpaired) electrons. The van der Waals surface area contributed by atoms with Gasteiger partial charge in [0.05, 0.1) is 0 Å². The maximum atomic E-state index is 11.3. The van der Waals surface area contributed by atoms with Crippen LogP contribution in [-0.2, 0) is 11.3 Å². The van der Waals surface area contributed by atoms with Gasteiger partial charge in [0.25, 0.3) is 5.56 Å². The fourth-order valence-electron chi connectivity index (χ4n) is 1.21. The molecule has 0 fully saturated rings. The van der Waals surface area contributed by atoms with Crippen molar-refractivity contribution < 1.29 is 4.74 Å². The summed E-state index contributed by atoms with van der Waals surface area (Å²) in [5, 5.41) is 0. The average molecular weight is 260 g/mol. The van der Waals surface area contributed by atoms with Crippen molar-refractivity contribution in [1.82, 2.24) is 4.57 Å². The lowest BCUT2D eigenvalue weighted by molar-refractivity contribution is 0.191. The number of nitrogens with zero attached hydrogens (tertiary/aromatic N) is 1. The third-order valence-electron chi connectivity index (χ3n) is 1.94. The smallest absolute Gasteiger partial charge is 0.250 e. The average Bonchev–Trinajstić information content (AvgIpc) is 2.18. The molecule has 0 N–H and O–H groups in total. The predicted octanol–water partition coefficient (Wildman–Crippen LogP) is 2.04. The van der Waals surface area contributed by atoms with Gasteiger partial charge in [-0.3, -0.25) is 4.79 Å². The SMILES string of the molecule is COCCCCn1cc(Br)ccc1=O. The molecular weight excluding hydrogens is 246 g/mol. The van der Waals surface area contributed by atoms with Gasteiger partial charge in [0.2, 0.25) is 0 Å². The second kappa shape index (κ2) is 5.98. The van der Waals surface area contributed by atoms with Crippen LogP contribution in [0.15, 0.2) is 27.6 Å². The van der Waals surface area contributed by atoms with E-state index in [1.807, 2.05) is 6.20 Å². The van der Waals surface area contributed by atoms with Crippen LogP contribution in [0.4, 0.5) is 0 Å². The number of ether oxygens (including phenoxy) is 1. The van der Waals surface area contributed by atoms with Crippen LogP contribution in [-0.4, -0.2) is 18.3 Å². The van der Waals surface area contributed by atoms with E-state index >= 15 is 0 Å². The number of pyridine rings is 1. The number of hydrogen-bond donors (Lipinski definition) is 0. The first kappa shape index (κ1) is 11.5. The topological polar surface area (TPSA) is 31.2 Å². The van der Waals surface area contributed by atoms with E-state index in [9.17, 15) is 4.79 Å². The van der Waals surface area contributed by atoms with Crippen LogP contribution in [0.25, 0.3) is 0 Å². The zero-order valence-electron chi connectivity index (χ0n) is 8.20. The lowest BCUT2D eigenvalue weighted by Crippen LogP contribution is -2.18. The number of methoxy groups -OCH3 is 1. The van der Waals surface area contributed by atoms with Crippen molar-refractivity contribution in [3.05, 3.63) is 33.2 Å². The first-order chi connectivity index (χ1) is 6.74. The van der Waals surface area contributed by atoms with Gasteiger partial charge in [-0.25, -0.2) is 0 Å². The van der Waals surface area contributed by atoms with E-state index in [1.54, 1.807) is 23.8 Å². The van der Waals surface area contributed by atoms with Gasteiger partial charge in [-0.1, -0.05) is 0 Å². The maximum Gasteiger partial charge on any atom is 0.250 e. The van der Waals surface area contributed by atoms with E-state index in [2.05, 4.69) is 15.9 Å². The Labute approximate surface area is 91.8 Å². The molecule has 0 atom stereocenters. The van der Waals surface area contributed by atoms with Gasteiger partial charge in [-0.2, -0.15) is 0 Å². The van der Waals surface area contributed by atoms with E-state index in [0.29, 0.717) is 0 Å². The Morgan fingerprint density at radius 3 is 2.93 bits per heavy atom. The van der Waals surface area contributed by atoms with Gasteiger partial charge in [0.15, 0.2) is 0 Å². The second-order valence-corrected chi connectivity index (χ2v) is 3.99. The summed E-state index contributed by atoms with van der Waals surface area (Å²) in [6.07, 6.45) is 3.76. The van der Waals surface area contributed by atoms with Gasteiger partial charge in [-0.15, -0.1) is 0 Å². The molecule has 0 aliphatic heterocycles. The largest absolute Gasteiger partial charge is 0.385 e. The molecule has 0 aromatic carbocycles. The molecule has 0 aliphatic carbocycles. The van der Waals surface area contributed by atoms with Crippen LogP contribution in [0.5, 0.6) is 0 Å². The summed E-state index contributed by atoms with van der Waals surface area (Å²) in [5.74, 6) is 0. The van der Waals surface area contributed by atoms with Gasteiger partial charge in [0.1, 0.15) is 0 Å². The molecule has 1 heterocycles. The highest BCUT2D eigenvalue weighted by Crippen LogP contribution is 2.05. The molecule has 1 aromatic rings. The Hall–Kier alpha value is -0.610. The van der Waals surface area contributed by atoms with E-state index in [-0.39, 0.29) is 5.56 Å². The molecule has 78 valence electrons. The van der Waals surface area contributed by atoms with Crippen molar-refractivity contribution in [2.45, 2.75) is 19.4 Å². The molecule has 0 bridgehead atoms. The van der Waals surface area contributed by atoms with Gasteiger partial charge in [0, 0.05) is 37.0 Å². The van der Waals surface area contributed by atoms with Crippen molar-refractivity contribution in [2.75, 3.05) is 13.7 Å². The molecule has 0 spiro atoms. The Morgan fingerprint density at radius 2 is 2.21 bits per heavy atom. The van der Waals surface area contributed by atoms with E-state index in [4.69, 9.17) is 4.74 Å². The summed E-state index contributed by atoms with van der Waals surface area (Å²) in [7, 11) is 1.69. The summed E-state index contributed by atoms with van der Waals surface area (Å²) in [6, 6.07) is 3.33. The Balaban J connectivity index is 2.49. The molecule has 0 saturated carbocycles. The standard InChI is InChI=1S/C10H14BrNO2/c1-14-7-3-2-6-12-8-9(11)4-5-10(12)13/h4-5,8H,2-3,6-7H2,1H3. The lowest BCUT2D eigenvalue weighted by Gasteiger charge is -2.05. The van der Waals surface area contributed by atoms with Crippen molar-refractivity contribution in [2.24, 2.45) is 0 Å². The summed E-state index contributed by atoms with van der Waals surface area (Å²) < 4.78 is 7.58. The Kier molecular flexibility index (Phi) is 4.90. The quantitative estimate of drug-likeness (QED) is 0.758. The summed E-state index contributed by atoms with van der Waals surface area (Å²) in [4.78, 5) is 11.3. The van der Waals surface area contributed by atoms with Crippen LogP contribution in [0.3, 0.4) is 0 Å². The molecule has 4 heteroatoms. The summed E-state index contributed by atoms with van der Waals surface area (Å²) in [5.41, 5.74) is 0.0469. The first-order valence-corrected chi connectivity index (χ1v) is 5.38. The lowest BCUT2D eigenvalue weighted by atomic mass is 10.3. The number of unbranched alkanes of at least 4 members (excludes halogenated alkanes) is 1. The zero-order valence-corrected chi connectivity index (χ0v) is 9.79. The minimum atomic E-state index is 0.0469. The Bertz CT molecular complexity index is 335. The highest BCUT2D eigenvalue weighted by atomic mass is 79.9. The summed E-state index contributed by atoms with van der Waals surface area (Å²) >= 11 is 3.33. The minimum absolute atomic E-state index is 0.0469. The van der Waals surface area contributed by atoms with E-state index in [1.165, 1.54) is 0 Å². The monoisotopic (exact) mass is 259 g/mol. The van der Waals surface area contributed by atoms with E-state index in [0.717, 1.165) is 30.5 Å². The summed E-state index contributed by atoms with van der Waals surface area (Å²) in [6.45, 7) is 1.50. The van der Waals surface area contributed by atoms with Crippen molar-refractivity contribution in [1.29, 1.82) is 0 Å². The molecule has 1 aromatic heterocycles. The van der Waals surface area contributed by atoms with Crippen LogP contribution in [0.1, 0.15) is 12.8 Å². The molecule has 0 amide bonds. The highest BCUT2D eigenvalue weighted by molar-refractivity contribution is 9.10. The van der Waals surface area contributed by atoms with Gasteiger partial charge in [-0.05, 0) is 34.8 Å². The van der Waals surface area contributed by atoms with Crippen LogP contribution < -0.4 is 5.56 Å². The number of hydrogen-bond acceptors (Lipinski definition) is 2. The number of rotatable bonds is 5. The van der Waals surface area contributed by atoms with Crippen molar-refractivity contribution >= 4 is 15.9 Å². The Morgan fingerprint density at radius 1 is 1.43 bits per heavy atom. The van der Waals surface area contributed by atoms with E-state index < -0.39 is 0 Å². The molecule has 14 heavy (non-hydrogen) atoms. The minimum Gasteiger partial charge on any atom is -0.385 e. The van der Waals surface area contributed by atoms with Gasteiger partial charge >= 0.3 is 0 Å². The number of halogens is 1. The fourth-order valence-corrected chi connectivity index (χ4v) is 1.58. The highest BCUT2D eigenvalue weighted by Gasteiger charge is 1.96. The predicted molar refractivity (Wildman–Crippen MR) is 59.5 cm³/mol.